The van der Waals surface area contributed by atoms with Gasteiger partial charge in [0.25, 0.3) is 5.69 Å². The SMILES string of the molecule is O=[N+]([O-])c1ccc2c(c1)[C@@H]1c3ccccc3C[C@H]1[C@@H](c1cccc(C(F)(F)F)c1)N2. The van der Waals surface area contributed by atoms with Crippen LogP contribution in [0.4, 0.5) is 24.5 Å². The van der Waals surface area contributed by atoms with E-state index in [1.54, 1.807) is 18.2 Å². The number of anilines is 1. The Balaban J connectivity index is 1.66. The van der Waals surface area contributed by atoms with Gasteiger partial charge in [-0.15, -0.1) is 0 Å². The number of non-ortho nitro benzene ring substituents is 1. The van der Waals surface area contributed by atoms with Crippen LogP contribution in [-0.4, -0.2) is 4.92 Å². The topological polar surface area (TPSA) is 55.2 Å². The van der Waals surface area contributed by atoms with Crippen molar-refractivity contribution in [3.8, 4) is 0 Å². The maximum Gasteiger partial charge on any atom is 0.416 e. The highest BCUT2D eigenvalue weighted by Crippen LogP contribution is 2.54. The van der Waals surface area contributed by atoms with Crippen molar-refractivity contribution in [1.29, 1.82) is 0 Å². The maximum absolute atomic E-state index is 13.3. The number of fused-ring (bicyclic) bond motifs is 5. The molecule has 1 heterocycles. The van der Waals surface area contributed by atoms with Gasteiger partial charge in [-0.1, -0.05) is 36.4 Å². The van der Waals surface area contributed by atoms with Gasteiger partial charge in [-0.2, -0.15) is 13.2 Å². The molecule has 1 N–H and O–H groups in total. The van der Waals surface area contributed by atoms with E-state index in [9.17, 15) is 23.3 Å². The van der Waals surface area contributed by atoms with E-state index in [0.29, 0.717) is 12.0 Å². The van der Waals surface area contributed by atoms with E-state index in [1.165, 1.54) is 18.2 Å². The molecule has 0 spiro atoms. The average Bonchev–Trinajstić information content (AvgIpc) is 3.12. The molecule has 3 atom stereocenters. The fraction of sp³-hybridized carbons (Fsp3) is 0.217. The highest BCUT2D eigenvalue weighted by Gasteiger charge is 2.44. The Morgan fingerprint density at radius 2 is 1.77 bits per heavy atom. The number of nitro benzene ring substituents is 1. The smallest absolute Gasteiger partial charge is 0.378 e. The minimum atomic E-state index is -4.42. The van der Waals surface area contributed by atoms with Crippen molar-refractivity contribution in [2.45, 2.75) is 24.6 Å². The number of benzene rings is 3. The number of nitrogens with zero attached hydrogens (tertiary/aromatic N) is 1. The minimum Gasteiger partial charge on any atom is -0.378 e. The van der Waals surface area contributed by atoms with Gasteiger partial charge in [-0.25, -0.2) is 0 Å². The number of halogens is 3. The summed E-state index contributed by atoms with van der Waals surface area (Å²) in [5.74, 6) is -0.155. The van der Waals surface area contributed by atoms with Gasteiger partial charge < -0.3 is 5.32 Å². The monoisotopic (exact) mass is 410 g/mol. The molecule has 3 aromatic rings. The number of hydrogen-bond acceptors (Lipinski definition) is 3. The van der Waals surface area contributed by atoms with Gasteiger partial charge in [0.05, 0.1) is 16.5 Å². The van der Waals surface area contributed by atoms with E-state index in [4.69, 9.17) is 0 Å². The fourth-order valence-corrected chi connectivity index (χ4v) is 4.90. The first-order valence-electron chi connectivity index (χ1n) is 9.63. The van der Waals surface area contributed by atoms with Crippen molar-refractivity contribution in [3.63, 3.8) is 0 Å². The standard InChI is InChI=1S/C23H17F3N2O2/c24-23(25,26)15-6-3-5-14(10-15)22-19-11-13-4-1-2-7-17(13)21(19)18-12-16(28(29)30)8-9-20(18)27-22/h1-10,12,19,21-22,27H,11H2/t19-,21+,22-/m1/s1. The number of rotatable bonds is 2. The molecule has 0 radical (unpaired) electrons. The first-order chi connectivity index (χ1) is 14.3. The third-order valence-corrected chi connectivity index (χ3v) is 6.17. The molecule has 0 fully saturated rings. The Labute approximate surface area is 170 Å². The van der Waals surface area contributed by atoms with Crippen molar-refractivity contribution in [3.05, 3.63) is 105 Å². The Morgan fingerprint density at radius 3 is 2.53 bits per heavy atom. The normalized spacial score (nSPS) is 21.9. The molecule has 0 bridgehead atoms. The van der Waals surface area contributed by atoms with Crippen LogP contribution in [0.5, 0.6) is 0 Å². The summed E-state index contributed by atoms with van der Waals surface area (Å²) in [6.07, 6.45) is -3.72. The summed E-state index contributed by atoms with van der Waals surface area (Å²) < 4.78 is 39.9. The molecule has 0 saturated heterocycles. The largest absolute Gasteiger partial charge is 0.416 e. The zero-order chi connectivity index (χ0) is 21.0. The Bertz CT molecular complexity index is 1160. The Kier molecular flexibility index (Phi) is 4.10. The molecule has 1 aliphatic carbocycles. The van der Waals surface area contributed by atoms with E-state index in [-0.39, 0.29) is 23.6 Å². The Morgan fingerprint density at radius 1 is 0.967 bits per heavy atom. The third kappa shape index (κ3) is 2.93. The van der Waals surface area contributed by atoms with Crippen molar-refractivity contribution >= 4 is 11.4 Å². The van der Waals surface area contributed by atoms with Gasteiger partial charge in [0.1, 0.15) is 0 Å². The van der Waals surface area contributed by atoms with Crippen LogP contribution in [0.15, 0.2) is 66.7 Å². The highest BCUT2D eigenvalue weighted by atomic mass is 19.4. The lowest BCUT2D eigenvalue weighted by atomic mass is 9.75. The van der Waals surface area contributed by atoms with Gasteiger partial charge >= 0.3 is 6.18 Å². The fourth-order valence-electron chi connectivity index (χ4n) is 4.90. The molecule has 3 aromatic carbocycles. The molecule has 5 rings (SSSR count). The summed E-state index contributed by atoms with van der Waals surface area (Å²) in [6.45, 7) is 0. The van der Waals surface area contributed by atoms with Crippen LogP contribution in [0.2, 0.25) is 0 Å². The summed E-state index contributed by atoms with van der Waals surface area (Å²) in [7, 11) is 0. The van der Waals surface area contributed by atoms with Gasteiger partial charge in [-0.3, -0.25) is 10.1 Å². The molecule has 0 saturated carbocycles. The van der Waals surface area contributed by atoms with Crippen molar-refractivity contribution in [1.82, 2.24) is 0 Å². The summed E-state index contributed by atoms with van der Waals surface area (Å²) in [5.41, 5.74) is 3.66. The van der Waals surface area contributed by atoms with E-state index < -0.39 is 16.7 Å². The number of nitro groups is 1. The van der Waals surface area contributed by atoms with Gasteiger partial charge in [0.2, 0.25) is 0 Å². The second kappa shape index (κ2) is 6.58. The quantitative estimate of drug-likeness (QED) is 0.411. The molecular formula is C23H17F3N2O2. The lowest BCUT2D eigenvalue weighted by Crippen LogP contribution is -2.30. The predicted molar refractivity (Wildman–Crippen MR) is 106 cm³/mol. The van der Waals surface area contributed by atoms with Crippen molar-refractivity contribution in [2.75, 3.05) is 5.32 Å². The van der Waals surface area contributed by atoms with Crippen molar-refractivity contribution < 1.29 is 18.1 Å². The van der Waals surface area contributed by atoms with Crippen LogP contribution in [0, 0.1) is 16.0 Å². The van der Waals surface area contributed by atoms with Crippen LogP contribution in [0.1, 0.15) is 39.8 Å². The number of hydrogen-bond donors (Lipinski definition) is 1. The molecule has 30 heavy (non-hydrogen) atoms. The number of alkyl halides is 3. The van der Waals surface area contributed by atoms with Crippen molar-refractivity contribution in [2.24, 2.45) is 5.92 Å². The van der Waals surface area contributed by atoms with Crippen LogP contribution < -0.4 is 5.32 Å². The zero-order valence-corrected chi connectivity index (χ0v) is 15.7. The molecule has 0 aromatic heterocycles. The Hall–Kier alpha value is -3.35. The lowest BCUT2D eigenvalue weighted by molar-refractivity contribution is -0.384. The summed E-state index contributed by atoms with van der Waals surface area (Å²) in [4.78, 5) is 10.9. The first-order valence-corrected chi connectivity index (χ1v) is 9.63. The number of nitrogens with one attached hydrogen (secondary N) is 1. The maximum atomic E-state index is 13.3. The molecule has 7 heteroatoms. The van der Waals surface area contributed by atoms with Crippen LogP contribution in [0.3, 0.4) is 0 Å². The summed E-state index contributed by atoms with van der Waals surface area (Å²) in [5, 5.41) is 14.7. The van der Waals surface area contributed by atoms with Gasteiger partial charge in [-0.05, 0) is 52.8 Å². The highest BCUT2D eigenvalue weighted by molar-refractivity contribution is 5.65. The molecular weight excluding hydrogens is 393 g/mol. The molecule has 0 amide bonds. The van der Waals surface area contributed by atoms with Crippen LogP contribution in [-0.2, 0) is 12.6 Å². The molecule has 4 nitrogen and oxygen atoms in total. The first kappa shape index (κ1) is 18.7. The molecule has 1 aliphatic heterocycles. The van der Waals surface area contributed by atoms with Gasteiger partial charge in [0.15, 0.2) is 0 Å². The van der Waals surface area contributed by atoms with E-state index in [2.05, 4.69) is 5.32 Å². The zero-order valence-electron chi connectivity index (χ0n) is 15.7. The minimum absolute atomic E-state index is 0.0104. The van der Waals surface area contributed by atoms with Crippen LogP contribution in [0.25, 0.3) is 0 Å². The second-order valence-corrected chi connectivity index (χ2v) is 7.82. The van der Waals surface area contributed by atoms with E-state index in [1.807, 2.05) is 24.3 Å². The van der Waals surface area contributed by atoms with Crippen LogP contribution >= 0.6 is 0 Å². The molecule has 2 aliphatic rings. The third-order valence-electron chi connectivity index (χ3n) is 6.17. The van der Waals surface area contributed by atoms with E-state index >= 15 is 0 Å². The molecule has 152 valence electrons. The van der Waals surface area contributed by atoms with Gasteiger partial charge in [0, 0.05) is 23.7 Å². The lowest BCUT2D eigenvalue weighted by Gasteiger charge is -2.38. The second-order valence-electron chi connectivity index (χ2n) is 7.82. The summed E-state index contributed by atoms with van der Waals surface area (Å²) >= 11 is 0. The van der Waals surface area contributed by atoms with E-state index in [0.717, 1.165) is 28.4 Å². The predicted octanol–water partition coefficient (Wildman–Crippen LogP) is 6.08. The average molecular weight is 410 g/mol. The molecule has 0 unspecified atom stereocenters. The summed E-state index contributed by atoms with van der Waals surface area (Å²) in [6, 6.07) is 17.7.